The van der Waals surface area contributed by atoms with Crippen LogP contribution in [0.15, 0.2) is 18.3 Å². The van der Waals surface area contributed by atoms with E-state index in [1.54, 1.807) is 6.20 Å². The molecule has 2 rings (SSSR count). The molecule has 1 aliphatic heterocycles. The van der Waals surface area contributed by atoms with Crippen LogP contribution < -0.4 is 17.0 Å². The standard InChI is InChI=1S/C12H20N4O/c13-12-9(3-1-5-15-12)7-11(16-14)10-4-2-6-17-8-10/h1,3,5,10-11,16H,2,4,6-8,14H2,(H2,13,15). The number of nitrogen functional groups attached to an aromatic ring is 1. The van der Waals surface area contributed by atoms with E-state index in [1.165, 1.54) is 0 Å². The number of hydrazine groups is 1. The summed E-state index contributed by atoms with van der Waals surface area (Å²) >= 11 is 0. The van der Waals surface area contributed by atoms with Crippen molar-refractivity contribution in [2.45, 2.75) is 25.3 Å². The monoisotopic (exact) mass is 236 g/mol. The predicted octanol–water partition coefficient (Wildman–Crippen LogP) is 0.465. The molecular formula is C12H20N4O. The van der Waals surface area contributed by atoms with Crippen LogP contribution in [0.5, 0.6) is 0 Å². The first kappa shape index (κ1) is 12.3. The number of anilines is 1. The molecule has 0 radical (unpaired) electrons. The van der Waals surface area contributed by atoms with Crippen LogP contribution in [-0.4, -0.2) is 24.2 Å². The highest BCUT2D eigenvalue weighted by Gasteiger charge is 2.24. The zero-order chi connectivity index (χ0) is 12.1. The first-order valence-electron chi connectivity index (χ1n) is 6.04. The fraction of sp³-hybridized carbons (Fsp3) is 0.583. The fourth-order valence-electron chi connectivity index (χ4n) is 2.30. The van der Waals surface area contributed by atoms with Crippen molar-refractivity contribution in [3.63, 3.8) is 0 Å². The zero-order valence-electron chi connectivity index (χ0n) is 9.93. The Labute approximate surface area is 102 Å². The zero-order valence-corrected chi connectivity index (χ0v) is 9.93. The number of hydrogen-bond donors (Lipinski definition) is 3. The average molecular weight is 236 g/mol. The van der Waals surface area contributed by atoms with Crippen molar-refractivity contribution >= 4 is 5.82 Å². The Hall–Kier alpha value is -1.17. The topological polar surface area (TPSA) is 86.2 Å². The van der Waals surface area contributed by atoms with Gasteiger partial charge in [-0.25, -0.2) is 4.98 Å². The first-order chi connectivity index (χ1) is 8.31. The largest absolute Gasteiger partial charge is 0.383 e. The molecule has 17 heavy (non-hydrogen) atoms. The van der Waals surface area contributed by atoms with E-state index in [1.807, 2.05) is 12.1 Å². The third-order valence-corrected chi connectivity index (χ3v) is 3.34. The maximum Gasteiger partial charge on any atom is 0.126 e. The SMILES string of the molecule is NNC(Cc1cccnc1N)C1CCCOC1. The number of ether oxygens (including phenoxy) is 1. The summed E-state index contributed by atoms with van der Waals surface area (Å²) in [5.74, 6) is 6.67. The van der Waals surface area contributed by atoms with E-state index in [0.29, 0.717) is 11.7 Å². The van der Waals surface area contributed by atoms with E-state index >= 15 is 0 Å². The molecule has 1 saturated heterocycles. The summed E-state index contributed by atoms with van der Waals surface area (Å²) < 4.78 is 5.49. The van der Waals surface area contributed by atoms with E-state index in [-0.39, 0.29) is 6.04 Å². The van der Waals surface area contributed by atoms with Gasteiger partial charge in [-0.05, 0) is 36.8 Å². The van der Waals surface area contributed by atoms with Crippen molar-refractivity contribution in [3.8, 4) is 0 Å². The molecule has 94 valence electrons. The van der Waals surface area contributed by atoms with Crippen LogP contribution >= 0.6 is 0 Å². The van der Waals surface area contributed by atoms with Gasteiger partial charge in [0.25, 0.3) is 0 Å². The fourth-order valence-corrected chi connectivity index (χ4v) is 2.30. The molecule has 0 saturated carbocycles. The van der Waals surface area contributed by atoms with E-state index in [2.05, 4.69) is 10.4 Å². The molecule has 5 nitrogen and oxygen atoms in total. The van der Waals surface area contributed by atoms with Crippen LogP contribution in [0.25, 0.3) is 0 Å². The van der Waals surface area contributed by atoms with Gasteiger partial charge in [0.15, 0.2) is 0 Å². The number of nitrogens with zero attached hydrogens (tertiary/aromatic N) is 1. The van der Waals surface area contributed by atoms with Crippen molar-refractivity contribution in [2.75, 3.05) is 18.9 Å². The van der Waals surface area contributed by atoms with Gasteiger partial charge >= 0.3 is 0 Å². The van der Waals surface area contributed by atoms with E-state index in [0.717, 1.165) is 38.0 Å². The summed E-state index contributed by atoms with van der Waals surface area (Å²) in [6.07, 6.45) is 4.75. The number of hydrogen-bond acceptors (Lipinski definition) is 5. The Morgan fingerprint density at radius 1 is 1.59 bits per heavy atom. The molecule has 5 N–H and O–H groups in total. The molecule has 0 spiro atoms. The molecule has 0 bridgehead atoms. The minimum absolute atomic E-state index is 0.196. The van der Waals surface area contributed by atoms with Gasteiger partial charge in [-0.15, -0.1) is 0 Å². The van der Waals surface area contributed by atoms with E-state index in [9.17, 15) is 0 Å². The quantitative estimate of drug-likeness (QED) is 0.522. The van der Waals surface area contributed by atoms with Crippen molar-refractivity contribution in [3.05, 3.63) is 23.9 Å². The summed E-state index contributed by atoms with van der Waals surface area (Å²) in [5, 5.41) is 0. The lowest BCUT2D eigenvalue weighted by atomic mass is 9.90. The van der Waals surface area contributed by atoms with Gasteiger partial charge in [0.2, 0.25) is 0 Å². The van der Waals surface area contributed by atoms with Crippen LogP contribution in [0.1, 0.15) is 18.4 Å². The molecule has 1 aromatic rings. The number of rotatable bonds is 4. The van der Waals surface area contributed by atoms with Crippen molar-refractivity contribution in [1.29, 1.82) is 0 Å². The minimum atomic E-state index is 0.196. The number of nitrogens with two attached hydrogens (primary N) is 2. The van der Waals surface area contributed by atoms with Gasteiger partial charge in [0.1, 0.15) is 5.82 Å². The van der Waals surface area contributed by atoms with Gasteiger partial charge in [-0.2, -0.15) is 0 Å². The smallest absolute Gasteiger partial charge is 0.126 e. The van der Waals surface area contributed by atoms with Crippen LogP contribution in [-0.2, 0) is 11.2 Å². The van der Waals surface area contributed by atoms with Gasteiger partial charge in [0, 0.05) is 18.8 Å². The number of aromatic nitrogens is 1. The summed E-state index contributed by atoms with van der Waals surface area (Å²) in [7, 11) is 0. The summed E-state index contributed by atoms with van der Waals surface area (Å²) in [5.41, 5.74) is 9.77. The van der Waals surface area contributed by atoms with E-state index < -0.39 is 0 Å². The second-order valence-corrected chi connectivity index (χ2v) is 4.50. The maximum absolute atomic E-state index is 5.84. The first-order valence-corrected chi connectivity index (χ1v) is 6.04. The Morgan fingerprint density at radius 3 is 3.12 bits per heavy atom. The third-order valence-electron chi connectivity index (χ3n) is 3.34. The Morgan fingerprint density at radius 2 is 2.47 bits per heavy atom. The average Bonchev–Trinajstić information content (AvgIpc) is 2.39. The molecule has 5 heteroatoms. The predicted molar refractivity (Wildman–Crippen MR) is 67.0 cm³/mol. The summed E-state index contributed by atoms with van der Waals surface area (Å²) in [6.45, 7) is 1.64. The highest BCUT2D eigenvalue weighted by Crippen LogP contribution is 2.21. The van der Waals surface area contributed by atoms with Crippen LogP contribution in [0, 0.1) is 5.92 Å². The van der Waals surface area contributed by atoms with Crippen LogP contribution in [0.3, 0.4) is 0 Å². The molecular weight excluding hydrogens is 216 g/mol. The molecule has 1 fully saturated rings. The second kappa shape index (κ2) is 5.95. The van der Waals surface area contributed by atoms with Crippen LogP contribution in [0.2, 0.25) is 0 Å². The summed E-state index contributed by atoms with van der Waals surface area (Å²) in [4.78, 5) is 4.09. The Balaban J connectivity index is 2.01. The molecule has 2 heterocycles. The lowest BCUT2D eigenvalue weighted by Gasteiger charge is -2.29. The van der Waals surface area contributed by atoms with E-state index in [4.69, 9.17) is 16.3 Å². The molecule has 2 atom stereocenters. The van der Waals surface area contributed by atoms with Crippen molar-refractivity contribution in [2.24, 2.45) is 11.8 Å². The molecule has 0 aliphatic carbocycles. The van der Waals surface area contributed by atoms with Crippen molar-refractivity contribution in [1.82, 2.24) is 10.4 Å². The Kier molecular flexibility index (Phi) is 4.30. The van der Waals surface area contributed by atoms with Gasteiger partial charge in [-0.1, -0.05) is 6.07 Å². The minimum Gasteiger partial charge on any atom is -0.383 e. The van der Waals surface area contributed by atoms with Crippen LogP contribution in [0.4, 0.5) is 5.82 Å². The van der Waals surface area contributed by atoms with Crippen molar-refractivity contribution < 1.29 is 4.74 Å². The normalized spacial score (nSPS) is 22.3. The molecule has 0 amide bonds. The Bertz CT molecular complexity index is 352. The lowest BCUT2D eigenvalue weighted by Crippen LogP contribution is -2.45. The second-order valence-electron chi connectivity index (χ2n) is 4.50. The molecule has 2 unspecified atom stereocenters. The summed E-state index contributed by atoms with van der Waals surface area (Å²) in [6, 6.07) is 4.09. The number of pyridine rings is 1. The molecule has 1 aliphatic rings. The van der Waals surface area contributed by atoms with Gasteiger partial charge < -0.3 is 10.5 Å². The molecule has 0 aromatic carbocycles. The van der Waals surface area contributed by atoms with Gasteiger partial charge in [-0.3, -0.25) is 11.3 Å². The number of nitrogens with one attached hydrogen (secondary N) is 1. The van der Waals surface area contributed by atoms with Gasteiger partial charge in [0.05, 0.1) is 6.61 Å². The molecule has 1 aromatic heterocycles. The third kappa shape index (κ3) is 3.15. The highest BCUT2D eigenvalue weighted by molar-refractivity contribution is 5.38. The highest BCUT2D eigenvalue weighted by atomic mass is 16.5. The lowest BCUT2D eigenvalue weighted by molar-refractivity contribution is 0.0393. The maximum atomic E-state index is 5.84.